The van der Waals surface area contributed by atoms with Crippen LogP contribution in [0, 0.1) is 5.92 Å². The van der Waals surface area contributed by atoms with E-state index >= 15 is 0 Å². The van der Waals surface area contributed by atoms with Gasteiger partial charge in [-0.05, 0) is 26.7 Å². The number of hydrogen-bond donors (Lipinski definition) is 2. The summed E-state index contributed by atoms with van der Waals surface area (Å²) in [7, 11) is 0. The number of carbonyl (C=O) groups is 2. The summed E-state index contributed by atoms with van der Waals surface area (Å²) in [6.45, 7) is 9.13. The van der Waals surface area contributed by atoms with E-state index in [2.05, 4.69) is 19.2 Å². The van der Waals surface area contributed by atoms with Crippen LogP contribution in [0.1, 0.15) is 52.4 Å². The zero-order valence-electron chi connectivity index (χ0n) is 14.2. The van der Waals surface area contributed by atoms with E-state index in [-0.39, 0.29) is 17.7 Å². The maximum atomic E-state index is 12.2. The minimum Gasteiger partial charge on any atom is -0.356 e. The summed E-state index contributed by atoms with van der Waals surface area (Å²) < 4.78 is 0. The first-order valence-corrected chi connectivity index (χ1v) is 9.06. The second-order valence-corrected chi connectivity index (χ2v) is 6.74. The van der Waals surface area contributed by atoms with Crippen molar-refractivity contribution in [2.24, 2.45) is 5.92 Å². The Hall–Kier alpha value is -1.10. The van der Waals surface area contributed by atoms with Gasteiger partial charge in [-0.3, -0.25) is 9.59 Å². The van der Waals surface area contributed by atoms with Gasteiger partial charge in [0.25, 0.3) is 0 Å². The lowest BCUT2D eigenvalue weighted by atomic mass is 10.1. The Bertz CT molecular complexity index is 376. The third-order valence-electron chi connectivity index (χ3n) is 5.30. The van der Waals surface area contributed by atoms with Crippen LogP contribution in [0.25, 0.3) is 0 Å². The van der Waals surface area contributed by atoms with Crippen LogP contribution in [0.2, 0.25) is 0 Å². The van der Waals surface area contributed by atoms with Gasteiger partial charge < -0.3 is 15.1 Å². The van der Waals surface area contributed by atoms with Crippen molar-refractivity contribution in [2.45, 2.75) is 58.4 Å². The van der Waals surface area contributed by atoms with Crippen molar-refractivity contribution in [3.8, 4) is 0 Å². The Morgan fingerprint density at radius 3 is 2.59 bits per heavy atom. The Labute approximate surface area is 134 Å². The van der Waals surface area contributed by atoms with Crippen LogP contribution >= 0.6 is 0 Å². The van der Waals surface area contributed by atoms with Crippen LogP contribution < -0.4 is 10.2 Å². The van der Waals surface area contributed by atoms with Crippen molar-refractivity contribution in [1.82, 2.24) is 10.2 Å². The lowest BCUT2D eigenvalue weighted by Gasteiger charge is -2.23. The summed E-state index contributed by atoms with van der Waals surface area (Å²) in [5.74, 6) is 0.122. The fourth-order valence-electron chi connectivity index (χ4n) is 3.77. The molecule has 1 saturated carbocycles. The minimum absolute atomic E-state index is 0.0726. The molecule has 0 aromatic carbocycles. The molecule has 0 unspecified atom stereocenters. The van der Waals surface area contributed by atoms with Gasteiger partial charge in [-0.15, -0.1) is 0 Å². The molecule has 5 heteroatoms. The SMILES string of the molecule is CC[NH+](CC)CCCNC(=O)[C@H]1CC(=O)N(C2CCCC2)C1. The van der Waals surface area contributed by atoms with Gasteiger partial charge in [0.15, 0.2) is 0 Å². The number of amides is 2. The molecule has 2 N–H and O–H groups in total. The summed E-state index contributed by atoms with van der Waals surface area (Å²) in [5, 5.41) is 3.03. The molecule has 2 amide bonds. The molecule has 22 heavy (non-hydrogen) atoms. The lowest BCUT2D eigenvalue weighted by molar-refractivity contribution is -0.896. The molecule has 2 rings (SSSR count). The highest BCUT2D eigenvalue weighted by molar-refractivity contribution is 5.89. The predicted molar refractivity (Wildman–Crippen MR) is 86.6 cm³/mol. The molecule has 126 valence electrons. The molecule has 1 aliphatic carbocycles. The number of carbonyl (C=O) groups excluding carboxylic acids is 2. The molecule has 1 atom stereocenters. The first-order chi connectivity index (χ1) is 10.7. The van der Waals surface area contributed by atoms with Gasteiger partial charge in [0.1, 0.15) is 0 Å². The summed E-state index contributed by atoms with van der Waals surface area (Å²) in [4.78, 5) is 27.9. The molecule has 1 aliphatic heterocycles. The summed E-state index contributed by atoms with van der Waals surface area (Å²) in [6.07, 6.45) is 6.09. The first kappa shape index (κ1) is 17.3. The van der Waals surface area contributed by atoms with E-state index in [1.165, 1.54) is 12.8 Å². The third-order valence-corrected chi connectivity index (χ3v) is 5.30. The quantitative estimate of drug-likeness (QED) is 0.630. The normalized spacial score (nSPS) is 22.8. The number of rotatable bonds is 8. The van der Waals surface area contributed by atoms with E-state index in [0.29, 0.717) is 19.0 Å². The first-order valence-electron chi connectivity index (χ1n) is 9.06. The molecule has 2 aliphatic rings. The molecule has 0 bridgehead atoms. The highest BCUT2D eigenvalue weighted by atomic mass is 16.2. The van der Waals surface area contributed by atoms with Crippen LogP contribution in [-0.4, -0.2) is 55.5 Å². The van der Waals surface area contributed by atoms with Crippen molar-refractivity contribution in [3.05, 3.63) is 0 Å². The number of nitrogens with zero attached hydrogens (tertiary/aromatic N) is 1. The standard InChI is InChI=1S/C17H31N3O2/c1-3-19(4-2)11-7-10-18-17(22)14-12-16(21)20(13-14)15-8-5-6-9-15/h14-15H,3-13H2,1-2H3,(H,18,22)/p+1/t14-/m0/s1. The van der Waals surface area contributed by atoms with E-state index in [1.807, 2.05) is 4.90 Å². The van der Waals surface area contributed by atoms with Crippen molar-refractivity contribution in [2.75, 3.05) is 32.7 Å². The Balaban J connectivity index is 1.68. The molecule has 0 aromatic rings. The van der Waals surface area contributed by atoms with Crippen molar-refractivity contribution in [3.63, 3.8) is 0 Å². The fourth-order valence-corrected chi connectivity index (χ4v) is 3.77. The summed E-state index contributed by atoms with van der Waals surface area (Å²) >= 11 is 0. The van der Waals surface area contributed by atoms with Crippen molar-refractivity contribution in [1.29, 1.82) is 0 Å². The number of likely N-dealkylation sites (tertiary alicyclic amines) is 1. The van der Waals surface area contributed by atoms with E-state index < -0.39 is 0 Å². The third kappa shape index (κ3) is 4.45. The molecule has 0 aromatic heterocycles. The maximum absolute atomic E-state index is 12.2. The molecule has 1 heterocycles. The average Bonchev–Trinajstić information content (AvgIpc) is 3.16. The van der Waals surface area contributed by atoms with Gasteiger partial charge in [0.05, 0.1) is 25.6 Å². The van der Waals surface area contributed by atoms with Gasteiger partial charge >= 0.3 is 0 Å². The molecule has 1 saturated heterocycles. The molecule has 5 nitrogen and oxygen atoms in total. The van der Waals surface area contributed by atoms with Crippen LogP contribution in [0.15, 0.2) is 0 Å². The van der Waals surface area contributed by atoms with Gasteiger partial charge in [0.2, 0.25) is 11.8 Å². The van der Waals surface area contributed by atoms with Gasteiger partial charge in [0, 0.05) is 32.0 Å². The zero-order chi connectivity index (χ0) is 15.9. The number of quaternary nitrogens is 1. The van der Waals surface area contributed by atoms with E-state index in [9.17, 15) is 9.59 Å². The zero-order valence-corrected chi connectivity index (χ0v) is 14.2. The van der Waals surface area contributed by atoms with Crippen LogP contribution in [0.4, 0.5) is 0 Å². The smallest absolute Gasteiger partial charge is 0.225 e. The lowest BCUT2D eigenvalue weighted by Crippen LogP contribution is -3.11. The van der Waals surface area contributed by atoms with Crippen LogP contribution in [0.3, 0.4) is 0 Å². The van der Waals surface area contributed by atoms with E-state index in [0.717, 1.165) is 45.4 Å². The van der Waals surface area contributed by atoms with Crippen molar-refractivity contribution >= 4 is 11.8 Å². The predicted octanol–water partition coefficient (Wildman–Crippen LogP) is 0.209. The topological polar surface area (TPSA) is 53.9 Å². The van der Waals surface area contributed by atoms with Gasteiger partial charge in [-0.25, -0.2) is 0 Å². The second-order valence-electron chi connectivity index (χ2n) is 6.74. The average molecular weight is 310 g/mol. The molecular formula is C17H32N3O2+. The maximum Gasteiger partial charge on any atom is 0.225 e. The Morgan fingerprint density at radius 1 is 1.27 bits per heavy atom. The molecular weight excluding hydrogens is 278 g/mol. The Kier molecular flexibility index (Phi) is 6.68. The summed E-state index contributed by atoms with van der Waals surface area (Å²) in [6, 6.07) is 0.400. The second kappa shape index (κ2) is 8.51. The number of hydrogen-bond acceptors (Lipinski definition) is 2. The highest BCUT2D eigenvalue weighted by Crippen LogP contribution is 2.29. The number of nitrogens with one attached hydrogen (secondary N) is 2. The Morgan fingerprint density at radius 2 is 1.95 bits per heavy atom. The monoisotopic (exact) mass is 310 g/mol. The van der Waals surface area contributed by atoms with Crippen LogP contribution in [0.5, 0.6) is 0 Å². The van der Waals surface area contributed by atoms with E-state index in [1.54, 1.807) is 4.90 Å². The molecule has 2 fully saturated rings. The van der Waals surface area contributed by atoms with Crippen molar-refractivity contribution < 1.29 is 14.5 Å². The minimum atomic E-state index is -0.131. The van der Waals surface area contributed by atoms with Gasteiger partial charge in [-0.2, -0.15) is 0 Å². The summed E-state index contributed by atoms with van der Waals surface area (Å²) in [5.41, 5.74) is 0. The molecule has 0 radical (unpaired) electrons. The van der Waals surface area contributed by atoms with Crippen LogP contribution in [-0.2, 0) is 9.59 Å². The van der Waals surface area contributed by atoms with Gasteiger partial charge in [-0.1, -0.05) is 12.8 Å². The molecule has 0 spiro atoms. The largest absolute Gasteiger partial charge is 0.356 e. The van der Waals surface area contributed by atoms with E-state index in [4.69, 9.17) is 0 Å². The highest BCUT2D eigenvalue weighted by Gasteiger charge is 2.38. The fraction of sp³-hybridized carbons (Fsp3) is 0.882.